The molecule has 2 fully saturated rings. The van der Waals surface area contributed by atoms with Crippen LogP contribution in [0.15, 0.2) is 24.3 Å². The largest absolute Gasteiger partial charge is 0.340 e. The molecule has 1 aromatic carbocycles. The number of sulfone groups is 1. The molecular formula is C17H20ClN3O5S. The fourth-order valence-corrected chi connectivity index (χ4v) is 5.25. The second kappa shape index (κ2) is 6.79. The Labute approximate surface area is 162 Å². The van der Waals surface area contributed by atoms with Gasteiger partial charge < -0.3 is 10.2 Å². The first kappa shape index (κ1) is 19.6. The number of carbonyl (C=O) groups is 3. The lowest BCUT2D eigenvalue weighted by Gasteiger charge is -2.26. The predicted octanol–water partition coefficient (Wildman–Crippen LogP) is 0.752. The summed E-state index contributed by atoms with van der Waals surface area (Å²) in [6.07, 6.45) is 0.354. The fourth-order valence-electron chi connectivity index (χ4n) is 3.35. The molecule has 8 nitrogen and oxygen atoms in total. The van der Waals surface area contributed by atoms with Crippen molar-refractivity contribution >= 4 is 39.3 Å². The van der Waals surface area contributed by atoms with Crippen LogP contribution >= 0.6 is 11.6 Å². The van der Waals surface area contributed by atoms with E-state index in [0.29, 0.717) is 17.0 Å². The maximum absolute atomic E-state index is 12.8. The molecule has 0 unspecified atom stereocenters. The second-order valence-corrected chi connectivity index (χ2v) is 9.68. The first-order chi connectivity index (χ1) is 12.5. The number of urea groups is 1. The van der Waals surface area contributed by atoms with E-state index in [0.717, 1.165) is 4.90 Å². The molecule has 3 rings (SSSR count). The Morgan fingerprint density at radius 1 is 1.33 bits per heavy atom. The summed E-state index contributed by atoms with van der Waals surface area (Å²) < 4.78 is 23.2. The third-order valence-electron chi connectivity index (χ3n) is 5.14. The number of imide groups is 1. The average Bonchev–Trinajstić information content (AvgIpc) is 3.07. The molecule has 2 aliphatic heterocycles. The molecule has 2 atom stereocenters. The summed E-state index contributed by atoms with van der Waals surface area (Å²) in [7, 11) is -1.65. The zero-order valence-electron chi connectivity index (χ0n) is 14.9. The highest BCUT2D eigenvalue weighted by atomic mass is 35.5. The molecule has 0 radical (unpaired) electrons. The molecule has 0 aromatic heterocycles. The van der Waals surface area contributed by atoms with Crippen LogP contribution < -0.4 is 5.32 Å². The molecule has 0 spiro atoms. The van der Waals surface area contributed by atoms with Crippen molar-refractivity contribution in [3.63, 3.8) is 0 Å². The molecule has 2 aliphatic rings. The van der Waals surface area contributed by atoms with E-state index < -0.39 is 45.8 Å². The molecule has 0 bridgehead atoms. The SMILES string of the molecule is CN(C(=O)CN1C(=O)N[C@](C)(c2ccc(Cl)cc2)C1=O)[C@@H]1CCS(=O)(=O)C1. The molecule has 0 aliphatic carbocycles. The minimum atomic E-state index is -3.15. The first-order valence-electron chi connectivity index (χ1n) is 8.40. The second-order valence-electron chi connectivity index (χ2n) is 7.01. The number of hydrogen-bond acceptors (Lipinski definition) is 5. The van der Waals surface area contributed by atoms with Crippen molar-refractivity contribution in [2.45, 2.75) is 24.9 Å². The van der Waals surface area contributed by atoms with Crippen LogP contribution in [0.1, 0.15) is 18.9 Å². The Morgan fingerprint density at radius 2 is 1.96 bits per heavy atom. The van der Waals surface area contributed by atoms with Gasteiger partial charge in [-0.3, -0.25) is 14.5 Å². The van der Waals surface area contributed by atoms with Crippen molar-refractivity contribution in [1.82, 2.24) is 15.1 Å². The Morgan fingerprint density at radius 3 is 2.52 bits per heavy atom. The molecule has 4 amide bonds. The van der Waals surface area contributed by atoms with Crippen molar-refractivity contribution < 1.29 is 22.8 Å². The molecule has 0 saturated carbocycles. The predicted molar refractivity (Wildman–Crippen MR) is 98.9 cm³/mol. The minimum Gasteiger partial charge on any atom is -0.340 e. The van der Waals surface area contributed by atoms with Crippen LogP contribution in [0.2, 0.25) is 5.02 Å². The summed E-state index contributed by atoms with van der Waals surface area (Å²) in [5.74, 6) is -1.10. The van der Waals surface area contributed by atoms with E-state index in [1.165, 1.54) is 11.9 Å². The average molecular weight is 414 g/mol. The van der Waals surface area contributed by atoms with E-state index in [4.69, 9.17) is 11.6 Å². The zero-order valence-corrected chi connectivity index (χ0v) is 16.5. The Bertz CT molecular complexity index is 902. The maximum atomic E-state index is 12.8. The van der Waals surface area contributed by atoms with Gasteiger partial charge in [-0.1, -0.05) is 23.7 Å². The lowest BCUT2D eigenvalue weighted by Crippen LogP contribution is -2.46. The van der Waals surface area contributed by atoms with Crippen LogP contribution in [0.5, 0.6) is 0 Å². The first-order valence-corrected chi connectivity index (χ1v) is 10.6. The van der Waals surface area contributed by atoms with E-state index >= 15 is 0 Å². The molecule has 146 valence electrons. The fraction of sp³-hybridized carbons (Fsp3) is 0.471. The third-order valence-corrected chi connectivity index (χ3v) is 7.14. The Balaban J connectivity index is 1.74. The number of halogens is 1. The minimum absolute atomic E-state index is 0.0348. The number of nitrogens with one attached hydrogen (secondary N) is 1. The monoisotopic (exact) mass is 413 g/mol. The van der Waals surface area contributed by atoms with Gasteiger partial charge in [-0.2, -0.15) is 0 Å². The highest BCUT2D eigenvalue weighted by Crippen LogP contribution is 2.29. The van der Waals surface area contributed by atoms with Crippen LogP contribution in [0.4, 0.5) is 4.79 Å². The third kappa shape index (κ3) is 3.66. The highest BCUT2D eigenvalue weighted by molar-refractivity contribution is 7.91. The van der Waals surface area contributed by atoms with Crippen LogP contribution in [-0.2, 0) is 25.0 Å². The quantitative estimate of drug-likeness (QED) is 0.733. The van der Waals surface area contributed by atoms with Gasteiger partial charge in [-0.15, -0.1) is 0 Å². The van der Waals surface area contributed by atoms with Gasteiger partial charge in [-0.05, 0) is 31.0 Å². The van der Waals surface area contributed by atoms with Gasteiger partial charge in [0.25, 0.3) is 5.91 Å². The summed E-state index contributed by atoms with van der Waals surface area (Å²) in [5.41, 5.74) is -0.743. The van der Waals surface area contributed by atoms with Gasteiger partial charge in [0.15, 0.2) is 9.84 Å². The lowest BCUT2D eigenvalue weighted by molar-refractivity contribution is -0.139. The van der Waals surface area contributed by atoms with Crippen LogP contribution in [-0.4, -0.2) is 67.2 Å². The summed E-state index contributed by atoms with van der Waals surface area (Å²) in [6.45, 7) is 1.12. The summed E-state index contributed by atoms with van der Waals surface area (Å²) in [4.78, 5) is 39.9. The standard InChI is InChI=1S/C17H20ClN3O5S/c1-17(11-3-5-12(18)6-4-11)15(23)21(16(24)19-17)9-14(22)20(2)13-7-8-27(25,26)10-13/h3-6,13H,7-10H2,1-2H3,(H,19,24)/t13-,17-/m1/s1. The van der Waals surface area contributed by atoms with E-state index in [2.05, 4.69) is 5.32 Å². The molecule has 10 heteroatoms. The zero-order chi connectivity index (χ0) is 20.0. The summed E-state index contributed by atoms with van der Waals surface area (Å²) >= 11 is 5.87. The van der Waals surface area contributed by atoms with Crippen molar-refractivity contribution in [3.05, 3.63) is 34.9 Å². The molecule has 2 saturated heterocycles. The Hall–Kier alpha value is -2.13. The van der Waals surface area contributed by atoms with Crippen molar-refractivity contribution in [2.75, 3.05) is 25.1 Å². The molecule has 1 N–H and O–H groups in total. The number of rotatable bonds is 4. The molecular weight excluding hydrogens is 394 g/mol. The van der Waals surface area contributed by atoms with E-state index in [9.17, 15) is 22.8 Å². The van der Waals surface area contributed by atoms with E-state index in [1.807, 2.05) is 0 Å². The van der Waals surface area contributed by atoms with Crippen LogP contribution in [0.3, 0.4) is 0 Å². The number of benzene rings is 1. The van der Waals surface area contributed by atoms with Gasteiger partial charge in [0.1, 0.15) is 12.1 Å². The van der Waals surface area contributed by atoms with Crippen molar-refractivity contribution in [1.29, 1.82) is 0 Å². The van der Waals surface area contributed by atoms with Crippen molar-refractivity contribution in [3.8, 4) is 0 Å². The smallest absolute Gasteiger partial charge is 0.325 e. The molecule has 27 heavy (non-hydrogen) atoms. The summed E-state index contributed by atoms with van der Waals surface area (Å²) in [6, 6.07) is 5.40. The van der Waals surface area contributed by atoms with Gasteiger partial charge in [0.05, 0.1) is 11.5 Å². The van der Waals surface area contributed by atoms with Gasteiger partial charge in [0, 0.05) is 18.1 Å². The lowest BCUT2D eigenvalue weighted by atomic mass is 9.92. The van der Waals surface area contributed by atoms with Crippen LogP contribution in [0.25, 0.3) is 0 Å². The maximum Gasteiger partial charge on any atom is 0.325 e. The van der Waals surface area contributed by atoms with Gasteiger partial charge in [-0.25, -0.2) is 13.2 Å². The Kier molecular flexibility index (Phi) is 4.94. The number of amides is 4. The normalized spacial score (nSPS) is 26.9. The summed E-state index contributed by atoms with van der Waals surface area (Å²) in [5, 5.41) is 3.12. The molecule has 1 aromatic rings. The van der Waals surface area contributed by atoms with Crippen molar-refractivity contribution in [2.24, 2.45) is 0 Å². The van der Waals surface area contributed by atoms with Crippen LogP contribution in [0, 0.1) is 0 Å². The van der Waals surface area contributed by atoms with E-state index in [1.54, 1.807) is 31.2 Å². The molecule has 2 heterocycles. The van der Waals surface area contributed by atoms with E-state index in [-0.39, 0.29) is 11.5 Å². The highest BCUT2D eigenvalue weighted by Gasteiger charge is 2.50. The number of nitrogens with zero attached hydrogens (tertiary/aromatic N) is 2. The topological polar surface area (TPSA) is 104 Å². The number of likely N-dealkylation sites (N-methyl/N-ethyl adjacent to an activating group) is 1. The van der Waals surface area contributed by atoms with Gasteiger partial charge >= 0.3 is 6.03 Å². The number of hydrogen-bond donors (Lipinski definition) is 1. The van der Waals surface area contributed by atoms with Gasteiger partial charge in [0.2, 0.25) is 5.91 Å². The number of carbonyl (C=O) groups excluding carboxylic acids is 3.